The minimum absolute atomic E-state index is 0.142. The molecule has 0 radical (unpaired) electrons. The molecular weight excluding hydrogens is 694 g/mol. The summed E-state index contributed by atoms with van der Waals surface area (Å²) in [6, 6.07) is 13.2. The smallest absolute Gasteiger partial charge is 0.317 e. The van der Waals surface area contributed by atoms with Gasteiger partial charge in [0.25, 0.3) is 0 Å². The summed E-state index contributed by atoms with van der Waals surface area (Å²) < 4.78 is 42.3. The van der Waals surface area contributed by atoms with Crippen molar-refractivity contribution in [2.24, 2.45) is 16.5 Å². The van der Waals surface area contributed by atoms with Gasteiger partial charge in [0.05, 0.1) is 44.8 Å². The lowest BCUT2D eigenvalue weighted by atomic mass is 9.79. The van der Waals surface area contributed by atoms with E-state index in [1.54, 1.807) is 20.3 Å². The number of nitrogens with two attached hydrogens (primary N) is 2. The molecule has 8 rings (SSSR count). The van der Waals surface area contributed by atoms with Crippen LogP contribution in [0.25, 0.3) is 5.57 Å². The standard InChI is InChI=1S/C37H39N3O13/c1-47-21-8-7-16-19-14-49-23-11-22-17(26(18-13-40-20-6-4-3-5-15(18)20)27(23)29(19)52-30(16)31(21)48-2)9-10-37(46)34(45)28(44)32(53-36(37)50-22)33(35(38)39)51-25(43)12-24(41)42/h3-8,11,19,28-29,32-36,44-46H,9-10,12-14,38-39H2,1-2H3,(H,41,42). The Hall–Kier alpha value is -4.97. The number of ether oxygens (including phenoxy) is 7. The zero-order chi connectivity index (χ0) is 37.3. The summed E-state index contributed by atoms with van der Waals surface area (Å²) in [4.78, 5) is 28.3. The van der Waals surface area contributed by atoms with E-state index in [2.05, 4.69) is 0 Å². The zero-order valence-corrected chi connectivity index (χ0v) is 28.8. The number of nitrogens with zero attached hydrogens (tertiary/aromatic N) is 1. The Labute approximate surface area is 302 Å². The molecule has 3 aromatic rings. The lowest BCUT2D eigenvalue weighted by Gasteiger charge is -2.48. The van der Waals surface area contributed by atoms with Crippen LogP contribution in [0.1, 0.15) is 47.1 Å². The Morgan fingerprint density at radius 2 is 1.87 bits per heavy atom. The number of fused-ring (bicyclic) bond motifs is 8. The fourth-order valence-corrected chi connectivity index (χ4v) is 8.18. The van der Waals surface area contributed by atoms with Crippen LogP contribution < -0.4 is 45.7 Å². The predicted molar refractivity (Wildman–Crippen MR) is 181 cm³/mol. The highest BCUT2D eigenvalue weighted by molar-refractivity contribution is 5.90. The fourth-order valence-electron chi connectivity index (χ4n) is 8.18. The number of carbonyl (C=O) groups excluding carboxylic acids is 1. The number of carbonyl (C=O) groups is 2. The number of hydrogen-bond acceptors (Lipinski definition) is 15. The normalized spacial score (nSPS) is 28.2. The number of aliphatic carboxylic acids is 1. The number of methoxy groups -OCH3 is 2. The molecule has 0 saturated carbocycles. The Morgan fingerprint density at radius 1 is 1.08 bits per heavy atom. The third-order valence-electron chi connectivity index (χ3n) is 10.7. The summed E-state index contributed by atoms with van der Waals surface area (Å²) in [6.07, 6.45) is -11.7. The SMILES string of the molecule is COc1ccc2c(c1OC)OC1c3c(cc4c(c3C3=c5ccccc5=NC3)CCC3(O)C(O4)OC(C(OC(=O)CC(=O)O)C(N)N)C(O)C3O)OCC21. The molecule has 0 aromatic heterocycles. The number of hydrogen-bond donors (Lipinski definition) is 6. The molecule has 16 nitrogen and oxygen atoms in total. The lowest BCUT2D eigenvalue weighted by Crippen LogP contribution is -2.71. The van der Waals surface area contributed by atoms with Crippen molar-refractivity contribution in [3.05, 3.63) is 75.3 Å². The molecule has 280 valence electrons. The van der Waals surface area contributed by atoms with Crippen LogP contribution in [0.2, 0.25) is 0 Å². The van der Waals surface area contributed by atoms with Crippen LogP contribution in [0.5, 0.6) is 28.7 Å². The van der Waals surface area contributed by atoms with Crippen LogP contribution in [-0.4, -0.2) is 102 Å². The highest BCUT2D eigenvalue weighted by Gasteiger charge is 2.60. The number of benzene rings is 3. The number of para-hydroxylation sites is 1. The molecule has 0 spiro atoms. The maximum absolute atomic E-state index is 12.3. The first-order valence-corrected chi connectivity index (χ1v) is 17.1. The Bertz CT molecular complexity index is 2120. The van der Waals surface area contributed by atoms with Crippen LogP contribution in [0.4, 0.5) is 0 Å². The van der Waals surface area contributed by atoms with E-state index in [1.807, 2.05) is 36.4 Å². The summed E-state index contributed by atoms with van der Waals surface area (Å²) in [6.45, 7) is 0.582. The monoisotopic (exact) mass is 733 g/mol. The number of carboxylic acids is 1. The van der Waals surface area contributed by atoms with Crippen molar-refractivity contribution in [3.63, 3.8) is 0 Å². The maximum atomic E-state index is 12.3. The van der Waals surface area contributed by atoms with Gasteiger partial charge in [0.15, 0.2) is 23.2 Å². The Balaban J connectivity index is 1.25. The van der Waals surface area contributed by atoms with Crippen LogP contribution in [-0.2, 0) is 25.5 Å². The van der Waals surface area contributed by atoms with E-state index >= 15 is 0 Å². The highest BCUT2D eigenvalue weighted by Crippen LogP contribution is 2.59. The van der Waals surface area contributed by atoms with Gasteiger partial charge in [-0.25, -0.2) is 0 Å². The minimum Gasteiger partial charge on any atom is -0.493 e. The van der Waals surface area contributed by atoms with Crippen molar-refractivity contribution in [3.8, 4) is 28.7 Å². The van der Waals surface area contributed by atoms with E-state index in [0.29, 0.717) is 35.1 Å². The van der Waals surface area contributed by atoms with E-state index < -0.39 is 66.9 Å². The average Bonchev–Trinajstić information content (AvgIpc) is 3.70. The van der Waals surface area contributed by atoms with Gasteiger partial charge in [-0.2, -0.15) is 0 Å². The molecule has 5 aliphatic rings. The summed E-state index contributed by atoms with van der Waals surface area (Å²) in [5.74, 6) is -0.624. The molecule has 8 N–H and O–H groups in total. The van der Waals surface area contributed by atoms with E-state index in [4.69, 9.17) is 54.7 Å². The summed E-state index contributed by atoms with van der Waals surface area (Å²) in [5.41, 5.74) is 13.5. The first-order valence-electron chi connectivity index (χ1n) is 17.1. The second kappa shape index (κ2) is 13.2. The van der Waals surface area contributed by atoms with Gasteiger partial charge in [-0.3, -0.25) is 14.6 Å². The van der Waals surface area contributed by atoms with E-state index in [1.165, 1.54) is 0 Å². The second-order valence-corrected chi connectivity index (χ2v) is 13.7. The lowest BCUT2D eigenvalue weighted by molar-refractivity contribution is -0.329. The molecule has 3 aromatic carbocycles. The Kier molecular flexibility index (Phi) is 8.71. The molecule has 53 heavy (non-hydrogen) atoms. The maximum Gasteiger partial charge on any atom is 0.317 e. The topological polar surface area (TPSA) is 244 Å². The van der Waals surface area contributed by atoms with Crippen LogP contribution in [0, 0.1) is 0 Å². The molecule has 0 amide bonds. The van der Waals surface area contributed by atoms with Crippen molar-refractivity contribution in [2.75, 3.05) is 27.4 Å². The third kappa shape index (κ3) is 5.55. The number of aliphatic hydroxyl groups is 3. The molecule has 0 aliphatic carbocycles. The number of esters is 1. The summed E-state index contributed by atoms with van der Waals surface area (Å²) >= 11 is 0. The average molecular weight is 734 g/mol. The van der Waals surface area contributed by atoms with Crippen molar-refractivity contribution >= 4 is 17.5 Å². The fraction of sp³-hybridized carbons (Fsp3) is 0.432. The van der Waals surface area contributed by atoms with Crippen molar-refractivity contribution in [1.82, 2.24) is 0 Å². The van der Waals surface area contributed by atoms with Crippen molar-refractivity contribution < 1.29 is 63.2 Å². The van der Waals surface area contributed by atoms with E-state index in [-0.39, 0.29) is 31.1 Å². The van der Waals surface area contributed by atoms with Gasteiger partial charge >= 0.3 is 11.9 Å². The summed E-state index contributed by atoms with van der Waals surface area (Å²) in [7, 11) is 3.11. The molecule has 8 unspecified atom stereocenters. The van der Waals surface area contributed by atoms with Gasteiger partial charge in [-0.05, 0) is 36.1 Å². The zero-order valence-electron chi connectivity index (χ0n) is 28.8. The van der Waals surface area contributed by atoms with Crippen molar-refractivity contribution in [1.29, 1.82) is 0 Å². The molecule has 1 saturated heterocycles. The van der Waals surface area contributed by atoms with E-state index in [9.17, 15) is 24.9 Å². The molecule has 0 bridgehead atoms. The number of carboxylic acid groups (broad SMARTS) is 1. The molecule has 16 heteroatoms. The molecule has 1 fully saturated rings. The third-order valence-corrected chi connectivity index (χ3v) is 10.7. The molecule has 5 aliphatic heterocycles. The second-order valence-electron chi connectivity index (χ2n) is 13.7. The quantitative estimate of drug-likeness (QED) is 0.0951. The predicted octanol–water partition coefficient (Wildman–Crippen LogP) is -0.721. The van der Waals surface area contributed by atoms with Gasteiger partial charge in [-0.1, -0.05) is 24.3 Å². The summed E-state index contributed by atoms with van der Waals surface area (Å²) in [5, 5.41) is 45.6. The molecule has 8 atom stereocenters. The Morgan fingerprint density at radius 3 is 2.60 bits per heavy atom. The minimum atomic E-state index is -2.18. The van der Waals surface area contributed by atoms with Gasteiger partial charge in [0, 0.05) is 28.0 Å². The van der Waals surface area contributed by atoms with E-state index in [0.717, 1.165) is 32.8 Å². The van der Waals surface area contributed by atoms with Gasteiger partial charge in [0.1, 0.15) is 42.3 Å². The van der Waals surface area contributed by atoms with Gasteiger partial charge in [-0.15, -0.1) is 0 Å². The first-order chi connectivity index (χ1) is 25.4. The largest absolute Gasteiger partial charge is 0.493 e. The number of rotatable bonds is 8. The first kappa shape index (κ1) is 35.1. The number of aliphatic hydroxyl groups excluding tert-OH is 2. The van der Waals surface area contributed by atoms with Crippen LogP contribution in [0.3, 0.4) is 0 Å². The van der Waals surface area contributed by atoms with Crippen LogP contribution >= 0.6 is 0 Å². The molecule has 5 heterocycles. The van der Waals surface area contributed by atoms with Crippen LogP contribution in [0.15, 0.2) is 47.5 Å². The van der Waals surface area contributed by atoms with Gasteiger partial charge < -0.3 is 65.1 Å². The molecular formula is C37H39N3O13. The van der Waals surface area contributed by atoms with Gasteiger partial charge in [0.2, 0.25) is 12.0 Å². The highest BCUT2D eigenvalue weighted by atomic mass is 16.7. The van der Waals surface area contributed by atoms with Crippen molar-refractivity contribution in [2.45, 2.75) is 73.8 Å².